The van der Waals surface area contributed by atoms with E-state index in [0.29, 0.717) is 72.2 Å². The third-order valence-corrected chi connectivity index (χ3v) is 8.47. The van der Waals surface area contributed by atoms with E-state index in [1.807, 2.05) is 0 Å². The van der Waals surface area contributed by atoms with Gasteiger partial charge in [0.05, 0.1) is 28.3 Å². The number of nitrogens with zero attached hydrogens (tertiary/aromatic N) is 1. The van der Waals surface area contributed by atoms with Crippen molar-refractivity contribution in [3.05, 3.63) is 40.9 Å². The van der Waals surface area contributed by atoms with Gasteiger partial charge in [-0.15, -0.1) is 0 Å². The Labute approximate surface area is 216 Å². The molecule has 2 heterocycles. The van der Waals surface area contributed by atoms with E-state index in [9.17, 15) is 13.2 Å². The minimum atomic E-state index is -3.56. The van der Waals surface area contributed by atoms with Gasteiger partial charge in [0.2, 0.25) is 10.0 Å². The zero-order valence-electron chi connectivity index (χ0n) is 20.3. The SMILES string of the molecule is COc1ccc(S(=O)(=O)NCCN2CCC(CCC(=O)c3cc(Cl)c(N)c4c3OCCO4)CC2)cc1. The summed E-state index contributed by atoms with van der Waals surface area (Å²) in [5.74, 6) is 1.75. The Morgan fingerprint density at radius 1 is 1.17 bits per heavy atom. The van der Waals surface area contributed by atoms with Crippen molar-refractivity contribution >= 4 is 33.1 Å². The smallest absolute Gasteiger partial charge is 0.240 e. The Balaban J connectivity index is 1.21. The molecule has 1 fully saturated rings. The molecule has 36 heavy (non-hydrogen) atoms. The first-order chi connectivity index (χ1) is 17.3. The van der Waals surface area contributed by atoms with Crippen LogP contribution < -0.4 is 24.7 Å². The molecule has 0 spiro atoms. The van der Waals surface area contributed by atoms with Crippen LogP contribution in [-0.4, -0.2) is 65.6 Å². The van der Waals surface area contributed by atoms with Crippen molar-refractivity contribution in [2.45, 2.75) is 30.6 Å². The number of halogens is 1. The molecule has 4 rings (SSSR count). The lowest BCUT2D eigenvalue weighted by atomic mass is 9.90. The van der Waals surface area contributed by atoms with Crippen molar-refractivity contribution in [1.82, 2.24) is 9.62 Å². The number of fused-ring (bicyclic) bond motifs is 1. The van der Waals surface area contributed by atoms with Gasteiger partial charge in [-0.05, 0) is 68.6 Å². The van der Waals surface area contributed by atoms with Gasteiger partial charge >= 0.3 is 0 Å². The van der Waals surface area contributed by atoms with Crippen molar-refractivity contribution in [3.63, 3.8) is 0 Å². The molecule has 0 unspecified atom stereocenters. The van der Waals surface area contributed by atoms with Crippen LogP contribution in [0.2, 0.25) is 5.02 Å². The Kier molecular flexibility index (Phi) is 8.61. The Hall–Kier alpha value is -2.53. The molecule has 2 aliphatic heterocycles. The topological polar surface area (TPSA) is 120 Å². The molecule has 1 saturated heterocycles. The number of hydrogen-bond donors (Lipinski definition) is 2. The van der Waals surface area contributed by atoms with Gasteiger partial charge in [-0.3, -0.25) is 4.79 Å². The molecule has 2 aliphatic rings. The highest BCUT2D eigenvalue weighted by atomic mass is 35.5. The number of sulfonamides is 1. The standard InChI is InChI=1S/C25H32ClN3O6S/c1-33-18-3-5-19(6-4-18)36(31,32)28-10-13-29-11-8-17(9-12-29)2-7-22(30)20-16-21(26)23(27)25-24(20)34-14-15-35-25/h3-6,16-17,28H,2,7-15,27H2,1H3. The number of likely N-dealkylation sites (tertiary alicyclic amines) is 1. The lowest BCUT2D eigenvalue weighted by Crippen LogP contribution is -2.39. The predicted molar refractivity (Wildman–Crippen MR) is 138 cm³/mol. The molecule has 0 saturated carbocycles. The molecule has 9 nitrogen and oxygen atoms in total. The fourth-order valence-corrected chi connectivity index (χ4v) is 5.77. The summed E-state index contributed by atoms with van der Waals surface area (Å²) in [7, 11) is -2.02. The van der Waals surface area contributed by atoms with Gasteiger partial charge in [0, 0.05) is 19.5 Å². The van der Waals surface area contributed by atoms with Gasteiger partial charge in [-0.2, -0.15) is 0 Å². The summed E-state index contributed by atoms with van der Waals surface area (Å²) in [6.07, 6.45) is 3.08. The maximum atomic E-state index is 13.0. The van der Waals surface area contributed by atoms with Gasteiger partial charge in [-0.25, -0.2) is 13.1 Å². The molecule has 0 atom stereocenters. The Morgan fingerprint density at radius 3 is 2.50 bits per heavy atom. The maximum Gasteiger partial charge on any atom is 0.240 e. The number of rotatable bonds is 10. The van der Waals surface area contributed by atoms with Crippen LogP contribution in [0.4, 0.5) is 5.69 Å². The molecule has 0 amide bonds. The summed E-state index contributed by atoms with van der Waals surface area (Å²) in [6, 6.07) is 7.88. The van der Waals surface area contributed by atoms with Crippen LogP contribution >= 0.6 is 11.6 Å². The maximum absolute atomic E-state index is 13.0. The normalized spacial score (nSPS) is 16.6. The number of Topliss-reactive ketones (excluding diaryl/α,β-unsaturated/α-hetero) is 1. The van der Waals surface area contributed by atoms with Crippen LogP contribution in [0, 0.1) is 5.92 Å². The lowest BCUT2D eigenvalue weighted by molar-refractivity contribution is 0.0952. The fourth-order valence-electron chi connectivity index (χ4n) is 4.55. The van der Waals surface area contributed by atoms with E-state index in [-0.39, 0.29) is 10.7 Å². The highest BCUT2D eigenvalue weighted by Gasteiger charge is 2.27. The molecular weight excluding hydrogens is 506 g/mol. The zero-order valence-corrected chi connectivity index (χ0v) is 21.9. The summed E-state index contributed by atoms with van der Waals surface area (Å²) in [4.78, 5) is 15.4. The predicted octanol–water partition coefficient (Wildman–Crippen LogP) is 3.36. The number of ether oxygens (including phenoxy) is 3. The largest absolute Gasteiger partial charge is 0.497 e. The molecule has 11 heteroatoms. The summed E-state index contributed by atoms with van der Waals surface area (Å²) < 4.78 is 44.0. The highest BCUT2D eigenvalue weighted by Crippen LogP contribution is 2.44. The van der Waals surface area contributed by atoms with E-state index in [0.717, 1.165) is 32.4 Å². The Morgan fingerprint density at radius 2 is 1.83 bits per heavy atom. The molecule has 2 aromatic rings. The highest BCUT2D eigenvalue weighted by molar-refractivity contribution is 7.89. The lowest BCUT2D eigenvalue weighted by Gasteiger charge is -2.32. The van der Waals surface area contributed by atoms with Crippen molar-refractivity contribution < 1.29 is 27.4 Å². The van der Waals surface area contributed by atoms with Gasteiger partial charge < -0.3 is 24.8 Å². The number of anilines is 1. The molecule has 0 radical (unpaired) electrons. The zero-order chi connectivity index (χ0) is 25.7. The van der Waals surface area contributed by atoms with Gasteiger partial charge in [0.25, 0.3) is 0 Å². The number of nitrogen functional groups attached to an aromatic ring is 1. The van der Waals surface area contributed by atoms with Gasteiger partial charge in [0.15, 0.2) is 17.3 Å². The number of hydrogen-bond acceptors (Lipinski definition) is 8. The molecule has 0 bridgehead atoms. The second-order valence-corrected chi connectivity index (χ2v) is 11.2. The van der Waals surface area contributed by atoms with E-state index < -0.39 is 10.0 Å². The Bertz CT molecular complexity index is 1180. The van der Waals surface area contributed by atoms with Crippen LogP contribution in [0.1, 0.15) is 36.0 Å². The molecule has 0 aliphatic carbocycles. The summed E-state index contributed by atoms with van der Waals surface area (Å²) >= 11 is 6.21. The van der Waals surface area contributed by atoms with Crippen LogP contribution in [-0.2, 0) is 10.0 Å². The molecule has 0 aromatic heterocycles. The van der Waals surface area contributed by atoms with Crippen LogP contribution in [0.5, 0.6) is 17.2 Å². The first kappa shape index (κ1) is 26.5. The number of carbonyl (C=O) groups is 1. The second kappa shape index (κ2) is 11.7. The summed E-state index contributed by atoms with van der Waals surface area (Å²) in [6.45, 7) is 3.43. The molecule has 196 valence electrons. The van der Waals surface area contributed by atoms with Gasteiger partial charge in [0.1, 0.15) is 19.0 Å². The summed E-state index contributed by atoms with van der Waals surface area (Å²) in [5.41, 5.74) is 6.69. The minimum absolute atomic E-state index is 0.0333. The first-order valence-electron chi connectivity index (χ1n) is 12.1. The average molecular weight is 538 g/mol. The number of methoxy groups -OCH3 is 1. The summed E-state index contributed by atoms with van der Waals surface area (Å²) in [5, 5.41) is 0.290. The van der Waals surface area contributed by atoms with Crippen molar-refractivity contribution in [2.75, 3.05) is 52.2 Å². The van der Waals surface area contributed by atoms with Crippen LogP contribution in [0.15, 0.2) is 35.2 Å². The van der Waals surface area contributed by atoms with E-state index in [1.54, 1.807) is 18.2 Å². The molecular formula is C25H32ClN3O6S. The number of nitrogens with one attached hydrogen (secondary N) is 1. The number of carbonyl (C=O) groups excluding carboxylic acids is 1. The van der Waals surface area contributed by atoms with E-state index in [2.05, 4.69) is 9.62 Å². The van der Waals surface area contributed by atoms with Crippen molar-refractivity contribution in [3.8, 4) is 17.2 Å². The van der Waals surface area contributed by atoms with E-state index in [1.165, 1.54) is 19.2 Å². The fraction of sp³-hybridized carbons (Fsp3) is 0.480. The van der Waals surface area contributed by atoms with Crippen LogP contribution in [0.3, 0.4) is 0 Å². The second-order valence-electron chi connectivity index (χ2n) is 8.99. The minimum Gasteiger partial charge on any atom is -0.497 e. The number of benzene rings is 2. The molecule has 3 N–H and O–H groups in total. The quantitative estimate of drug-likeness (QED) is 0.350. The van der Waals surface area contributed by atoms with Crippen molar-refractivity contribution in [1.29, 1.82) is 0 Å². The third kappa shape index (κ3) is 6.23. The number of ketones is 1. The first-order valence-corrected chi connectivity index (χ1v) is 13.9. The van der Waals surface area contributed by atoms with E-state index >= 15 is 0 Å². The average Bonchev–Trinajstić information content (AvgIpc) is 2.90. The van der Waals surface area contributed by atoms with Gasteiger partial charge in [-0.1, -0.05) is 11.6 Å². The third-order valence-electron chi connectivity index (χ3n) is 6.68. The van der Waals surface area contributed by atoms with E-state index in [4.69, 9.17) is 31.5 Å². The monoisotopic (exact) mass is 537 g/mol. The molecule has 2 aromatic carbocycles. The number of nitrogens with two attached hydrogens (primary N) is 1. The number of piperidine rings is 1. The van der Waals surface area contributed by atoms with Crippen LogP contribution in [0.25, 0.3) is 0 Å². The van der Waals surface area contributed by atoms with Crippen molar-refractivity contribution in [2.24, 2.45) is 5.92 Å².